The highest BCUT2D eigenvalue weighted by molar-refractivity contribution is 9.10. The molecule has 0 atom stereocenters. The summed E-state index contributed by atoms with van der Waals surface area (Å²) < 4.78 is 23.2. The summed E-state index contributed by atoms with van der Waals surface area (Å²) in [5.74, 6) is -0.866. The molecule has 0 spiro atoms. The van der Waals surface area contributed by atoms with Gasteiger partial charge in [0.25, 0.3) is 0 Å². The lowest BCUT2D eigenvalue weighted by molar-refractivity contribution is 0.0594. The number of methoxy groups -OCH3 is 1. The molecular weight excluding hydrogens is 293 g/mol. The van der Waals surface area contributed by atoms with E-state index in [0.29, 0.717) is 10.0 Å². The van der Waals surface area contributed by atoms with E-state index in [1.54, 1.807) is 6.07 Å². The number of benzene rings is 1. The maximum atomic E-state index is 13.3. The fourth-order valence-electron chi connectivity index (χ4n) is 1.23. The lowest BCUT2D eigenvalue weighted by Gasteiger charge is -1.97. The molecule has 0 radical (unpaired) electrons. The molecular formula is C11H7BrFNO3. The van der Waals surface area contributed by atoms with Gasteiger partial charge in [0.2, 0.25) is 5.89 Å². The van der Waals surface area contributed by atoms with Gasteiger partial charge in [0.05, 0.1) is 11.6 Å². The van der Waals surface area contributed by atoms with E-state index in [1.165, 1.54) is 25.5 Å². The Hall–Kier alpha value is -1.69. The molecule has 0 fully saturated rings. The third-order valence-electron chi connectivity index (χ3n) is 2.07. The molecule has 4 nitrogen and oxygen atoms in total. The monoisotopic (exact) mass is 299 g/mol. The number of ether oxygens (including phenoxy) is 1. The van der Waals surface area contributed by atoms with Crippen molar-refractivity contribution in [1.82, 2.24) is 4.98 Å². The van der Waals surface area contributed by atoms with Crippen LogP contribution in [0.2, 0.25) is 0 Å². The number of rotatable bonds is 2. The van der Waals surface area contributed by atoms with Gasteiger partial charge < -0.3 is 9.15 Å². The van der Waals surface area contributed by atoms with Crippen LogP contribution in [0.1, 0.15) is 10.5 Å². The van der Waals surface area contributed by atoms with Crippen molar-refractivity contribution >= 4 is 21.9 Å². The first-order chi connectivity index (χ1) is 8.11. The van der Waals surface area contributed by atoms with Crippen LogP contribution in [0.15, 0.2) is 33.4 Å². The van der Waals surface area contributed by atoms with E-state index in [0.717, 1.165) is 0 Å². The minimum Gasteiger partial charge on any atom is -0.464 e. The molecule has 2 rings (SSSR count). The summed E-state index contributed by atoms with van der Waals surface area (Å²) in [4.78, 5) is 15.1. The van der Waals surface area contributed by atoms with Gasteiger partial charge >= 0.3 is 5.97 Å². The largest absolute Gasteiger partial charge is 0.464 e. The van der Waals surface area contributed by atoms with Crippen molar-refractivity contribution in [2.75, 3.05) is 7.11 Å². The predicted octanol–water partition coefficient (Wildman–Crippen LogP) is 3.03. The van der Waals surface area contributed by atoms with Gasteiger partial charge in [0.15, 0.2) is 5.69 Å². The van der Waals surface area contributed by atoms with Crippen LogP contribution < -0.4 is 0 Å². The maximum Gasteiger partial charge on any atom is 0.360 e. The van der Waals surface area contributed by atoms with E-state index in [9.17, 15) is 9.18 Å². The van der Waals surface area contributed by atoms with Gasteiger partial charge in [-0.3, -0.25) is 0 Å². The van der Waals surface area contributed by atoms with E-state index in [1.807, 2.05) is 0 Å². The van der Waals surface area contributed by atoms with Crippen molar-refractivity contribution in [2.24, 2.45) is 0 Å². The number of halogens is 2. The van der Waals surface area contributed by atoms with Crippen LogP contribution in [0.3, 0.4) is 0 Å². The van der Waals surface area contributed by atoms with Gasteiger partial charge in [-0.2, -0.15) is 0 Å². The Kier molecular flexibility index (Phi) is 3.23. The number of nitrogens with zero attached hydrogens (tertiary/aromatic N) is 1. The third-order valence-corrected chi connectivity index (χ3v) is 2.71. The zero-order valence-electron chi connectivity index (χ0n) is 8.74. The number of carbonyl (C=O) groups excluding carboxylic acids is 1. The number of carbonyl (C=O) groups is 1. The Labute approximate surface area is 105 Å². The highest BCUT2D eigenvalue weighted by Crippen LogP contribution is 2.24. The number of hydrogen-bond donors (Lipinski definition) is 0. The summed E-state index contributed by atoms with van der Waals surface area (Å²) in [6.45, 7) is 0. The van der Waals surface area contributed by atoms with Crippen LogP contribution in [-0.2, 0) is 4.74 Å². The van der Waals surface area contributed by atoms with E-state index < -0.39 is 11.8 Å². The Balaban J connectivity index is 2.37. The molecule has 88 valence electrons. The molecule has 0 N–H and O–H groups in total. The third kappa shape index (κ3) is 2.36. The van der Waals surface area contributed by atoms with Crippen LogP contribution in [0.25, 0.3) is 11.5 Å². The van der Waals surface area contributed by atoms with E-state index in [4.69, 9.17) is 4.42 Å². The van der Waals surface area contributed by atoms with Gasteiger partial charge in [0.1, 0.15) is 12.1 Å². The first-order valence-electron chi connectivity index (χ1n) is 4.61. The number of esters is 1. The molecule has 0 amide bonds. The van der Waals surface area contributed by atoms with Crippen molar-refractivity contribution in [1.29, 1.82) is 0 Å². The van der Waals surface area contributed by atoms with Crippen molar-refractivity contribution in [2.45, 2.75) is 0 Å². The molecule has 2 aromatic rings. The SMILES string of the molecule is COC(=O)c1coc(-c2ccc(Br)c(F)c2)n1. The molecule has 0 aliphatic rings. The smallest absolute Gasteiger partial charge is 0.360 e. The average Bonchev–Trinajstić information content (AvgIpc) is 2.81. The second-order valence-corrected chi connectivity index (χ2v) is 4.01. The summed E-state index contributed by atoms with van der Waals surface area (Å²) in [5.41, 5.74) is 0.492. The number of aromatic nitrogens is 1. The van der Waals surface area contributed by atoms with Crippen molar-refractivity contribution < 1.29 is 18.3 Å². The Bertz CT molecular complexity index is 568. The van der Waals surface area contributed by atoms with E-state index in [-0.39, 0.29) is 11.6 Å². The van der Waals surface area contributed by atoms with Gasteiger partial charge in [-0.15, -0.1) is 0 Å². The Morgan fingerprint density at radius 1 is 1.53 bits per heavy atom. The van der Waals surface area contributed by atoms with Crippen molar-refractivity contribution in [3.8, 4) is 11.5 Å². The van der Waals surface area contributed by atoms with Gasteiger partial charge in [0, 0.05) is 5.56 Å². The zero-order valence-corrected chi connectivity index (χ0v) is 10.3. The first kappa shape index (κ1) is 11.8. The van der Waals surface area contributed by atoms with Crippen LogP contribution in [0.5, 0.6) is 0 Å². The normalized spacial score (nSPS) is 10.3. The molecule has 0 unspecified atom stereocenters. The summed E-state index contributed by atoms with van der Waals surface area (Å²) in [6.07, 6.45) is 1.17. The Morgan fingerprint density at radius 3 is 2.94 bits per heavy atom. The van der Waals surface area contributed by atoms with Crippen LogP contribution in [-0.4, -0.2) is 18.1 Å². The molecule has 0 saturated carbocycles. The molecule has 0 aliphatic carbocycles. The molecule has 0 saturated heterocycles. The van der Waals surface area contributed by atoms with E-state index >= 15 is 0 Å². The molecule has 1 heterocycles. The average molecular weight is 300 g/mol. The topological polar surface area (TPSA) is 52.3 Å². The van der Waals surface area contributed by atoms with Crippen molar-refractivity contribution in [3.63, 3.8) is 0 Å². The van der Waals surface area contributed by atoms with Crippen LogP contribution >= 0.6 is 15.9 Å². The summed E-state index contributed by atoms with van der Waals surface area (Å²) >= 11 is 3.04. The first-order valence-corrected chi connectivity index (χ1v) is 5.40. The standard InChI is InChI=1S/C11H7BrFNO3/c1-16-11(15)9-5-17-10(14-9)6-2-3-7(12)8(13)4-6/h2-5H,1H3. The second-order valence-electron chi connectivity index (χ2n) is 3.16. The second kappa shape index (κ2) is 4.67. The van der Waals surface area contributed by atoms with Gasteiger partial charge in [-0.25, -0.2) is 14.2 Å². The van der Waals surface area contributed by atoms with Gasteiger partial charge in [-0.05, 0) is 34.1 Å². The Morgan fingerprint density at radius 2 is 2.29 bits per heavy atom. The van der Waals surface area contributed by atoms with Crippen LogP contribution in [0, 0.1) is 5.82 Å². The highest BCUT2D eigenvalue weighted by atomic mass is 79.9. The molecule has 6 heteroatoms. The lowest BCUT2D eigenvalue weighted by atomic mass is 10.2. The van der Waals surface area contributed by atoms with Crippen molar-refractivity contribution in [3.05, 3.63) is 40.4 Å². The zero-order chi connectivity index (χ0) is 12.4. The van der Waals surface area contributed by atoms with Crippen LogP contribution in [0.4, 0.5) is 4.39 Å². The highest BCUT2D eigenvalue weighted by Gasteiger charge is 2.14. The minimum absolute atomic E-state index is 0.0471. The summed E-state index contributed by atoms with van der Waals surface area (Å²) in [6, 6.07) is 4.42. The molecule has 1 aromatic carbocycles. The lowest BCUT2D eigenvalue weighted by Crippen LogP contribution is -2.00. The molecule has 0 bridgehead atoms. The quantitative estimate of drug-likeness (QED) is 0.800. The molecule has 17 heavy (non-hydrogen) atoms. The maximum absolute atomic E-state index is 13.3. The summed E-state index contributed by atoms with van der Waals surface area (Å²) in [7, 11) is 1.25. The van der Waals surface area contributed by atoms with E-state index in [2.05, 4.69) is 25.7 Å². The molecule has 0 aliphatic heterocycles. The van der Waals surface area contributed by atoms with Gasteiger partial charge in [-0.1, -0.05) is 0 Å². The fraction of sp³-hybridized carbons (Fsp3) is 0.0909. The fourth-order valence-corrected chi connectivity index (χ4v) is 1.48. The predicted molar refractivity (Wildman–Crippen MR) is 60.9 cm³/mol. The number of oxazole rings is 1. The molecule has 1 aromatic heterocycles. The summed E-state index contributed by atoms with van der Waals surface area (Å²) in [5, 5.41) is 0. The number of hydrogen-bond acceptors (Lipinski definition) is 4. The minimum atomic E-state index is -0.599.